The van der Waals surface area contributed by atoms with Gasteiger partial charge < -0.3 is 5.32 Å². The van der Waals surface area contributed by atoms with E-state index in [0.29, 0.717) is 11.8 Å². The number of aryl methyl sites for hydroxylation is 1. The van der Waals surface area contributed by atoms with Gasteiger partial charge in [-0.1, -0.05) is 27.7 Å². The lowest BCUT2D eigenvalue weighted by Gasteiger charge is -2.04. The summed E-state index contributed by atoms with van der Waals surface area (Å²) in [6.45, 7) is 9.57. The van der Waals surface area contributed by atoms with Crippen LogP contribution in [0.25, 0.3) is 0 Å². The van der Waals surface area contributed by atoms with Crippen LogP contribution >= 0.6 is 11.5 Å². The van der Waals surface area contributed by atoms with Crippen LogP contribution in [0.2, 0.25) is 0 Å². The number of anilines is 2. The fourth-order valence-electron chi connectivity index (χ4n) is 1.57. The normalized spacial score (nSPS) is 11.5. The van der Waals surface area contributed by atoms with Gasteiger partial charge in [0.15, 0.2) is 5.82 Å². The highest BCUT2D eigenvalue weighted by Crippen LogP contribution is 2.20. The van der Waals surface area contributed by atoms with Crippen LogP contribution in [0.1, 0.15) is 45.9 Å². The van der Waals surface area contributed by atoms with Gasteiger partial charge in [0, 0.05) is 36.3 Å². The minimum absolute atomic E-state index is 0.357. The summed E-state index contributed by atoms with van der Waals surface area (Å²) in [5.74, 6) is 2.76. The predicted octanol–water partition coefficient (Wildman–Crippen LogP) is 3.65. The molecule has 0 bridgehead atoms. The summed E-state index contributed by atoms with van der Waals surface area (Å²) in [6, 6.07) is 1.97. The van der Waals surface area contributed by atoms with Crippen molar-refractivity contribution >= 4 is 22.5 Å². The Morgan fingerprint density at radius 3 is 2.74 bits per heavy atom. The van der Waals surface area contributed by atoms with Crippen LogP contribution in [-0.2, 0) is 6.54 Å². The van der Waals surface area contributed by atoms with E-state index in [4.69, 9.17) is 0 Å². The van der Waals surface area contributed by atoms with Gasteiger partial charge in [-0.05, 0) is 12.3 Å². The van der Waals surface area contributed by atoms with Crippen LogP contribution in [0, 0.1) is 5.92 Å². The van der Waals surface area contributed by atoms with Crippen molar-refractivity contribution in [3.05, 3.63) is 18.1 Å². The highest BCUT2D eigenvalue weighted by atomic mass is 32.1. The first-order chi connectivity index (χ1) is 9.04. The smallest absolute Gasteiger partial charge is 0.208 e. The van der Waals surface area contributed by atoms with Crippen molar-refractivity contribution in [2.24, 2.45) is 5.92 Å². The first kappa shape index (κ1) is 14.0. The molecule has 0 saturated heterocycles. The van der Waals surface area contributed by atoms with Gasteiger partial charge in [-0.25, -0.2) is 4.98 Å². The molecule has 19 heavy (non-hydrogen) atoms. The maximum atomic E-state index is 4.48. The van der Waals surface area contributed by atoms with Crippen LogP contribution in [-0.4, -0.2) is 19.1 Å². The van der Waals surface area contributed by atoms with Crippen LogP contribution in [0.3, 0.4) is 0 Å². The Kier molecular flexibility index (Phi) is 4.52. The molecule has 0 unspecified atom stereocenters. The summed E-state index contributed by atoms with van der Waals surface area (Å²) in [4.78, 5) is 4.44. The summed E-state index contributed by atoms with van der Waals surface area (Å²) in [5.41, 5.74) is 0. The Hall–Kier alpha value is -1.43. The fourth-order valence-corrected chi connectivity index (χ4v) is 2.29. The van der Waals surface area contributed by atoms with Gasteiger partial charge in [0.2, 0.25) is 5.13 Å². The highest BCUT2D eigenvalue weighted by Gasteiger charge is 2.08. The van der Waals surface area contributed by atoms with E-state index in [9.17, 15) is 0 Å². The molecule has 2 aromatic rings. The average molecular weight is 279 g/mol. The maximum absolute atomic E-state index is 4.48. The molecule has 0 fully saturated rings. The van der Waals surface area contributed by atoms with Gasteiger partial charge in [0.25, 0.3) is 0 Å². The van der Waals surface area contributed by atoms with E-state index in [1.54, 1.807) is 0 Å². The standard InChI is InChI=1S/C13H21N5S/c1-9(2)5-7-18-8-6-11(16-18)14-13-15-12(10(3)4)17-19-13/h6,8-10H,5,7H2,1-4H3,(H,14,15,16,17). The van der Waals surface area contributed by atoms with Crippen molar-refractivity contribution in [1.29, 1.82) is 0 Å². The van der Waals surface area contributed by atoms with E-state index in [-0.39, 0.29) is 0 Å². The Balaban J connectivity index is 1.95. The summed E-state index contributed by atoms with van der Waals surface area (Å²) < 4.78 is 6.28. The van der Waals surface area contributed by atoms with Gasteiger partial charge >= 0.3 is 0 Å². The monoisotopic (exact) mass is 279 g/mol. The molecule has 0 saturated carbocycles. The van der Waals surface area contributed by atoms with Crippen LogP contribution in [0.4, 0.5) is 10.9 Å². The van der Waals surface area contributed by atoms with E-state index in [1.807, 2.05) is 16.9 Å². The van der Waals surface area contributed by atoms with Gasteiger partial charge in [-0.3, -0.25) is 4.68 Å². The zero-order chi connectivity index (χ0) is 13.8. The molecule has 104 valence electrons. The molecule has 0 spiro atoms. The molecule has 2 aromatic heterocycles. The van der Waals surface area contributed by atoms with E-state index < -0.39 is 0 Å². The second-order valence-electron chi connectivity index (χ2n) is 5.38. The van der Waals surface area contributed by atoms with Crippen molar-refractivity contribution in [1.82, 2.24) is 19.1 Å². The van der Waals surface area contributed by atoms with Crippen LogP contribution in [0.15, 0.2) is 12.3 Å². The third-order valence-corrected chi connectivity index (χ3v) is 3.41. The second-order valence-corrected chi connectivity index (χ2v) is 6.14. The molecule has 0 radical (unpaired) electrons. The summed E-state index contributed by atoms with van der Waals surface area (Å²) in [6.07, 6.45) is 3.13. The molecular weight excluding hydrogens is 258 g/mol. The molecule has 2 heterocycles. The fraction of sp³-hybridized carbons (Fsp3) is 0.615. The Bertz CT molecular complexity index is 515. The van der Waals surface area contributed by atoms with E-state index in [2.05, 4.69) is 47.5 Å². The topological polar surface area (TPSA) is 55.6 Å². The first-order valence-corrected chi connectivity index (χ1v) is 7.46. The summed E-state index contributed by atoms with van der Waals surface area (Å²) in [7, 11) is 0. The molecule has 0 aromatic carbocycles. The third kappa shape index (κ3) is 4.02. The number of nitrogens with zero attached hydrogens (tertiary/aromatic N) is 4. The van der Waals surface area contributed by atoms with Crippen LogP contribution in [0.5, 0.6) is 0 Å². The number of rotatable bonds is 6. The molecule has 0 aliphatic carbocycles. The Morgan fingerprint density at radius 1 is 1.32 bits per heavy atom. The lowest BCUT2D eigenvalue weighted by molar-refractivity contribution is 0.488. The molecular formula is C13H21N5S. The molecule has 1 N–H and O–H groups in total. The van der Waals surface area contributed by atoms with Crippen molar-refractivity contribution in [3.63, 3.8) is 0 Å². The minimum Gasteiger partial charge on any atom is -0.313 e. The highest BCUT2D eigenvalue weighted by molar-refractivity contribution is 7.09. The molecule has 5 nitrogen and oxygen atoms in total. The van der Waals surface area contributed by atoms with Gasteiger partial charge in [0.1, 0.15) is 5.82 Å². The quantitative estimate of drug-likeness (QED) is 0.877. The molecule has 0 aliphatic heterocycles. The van der Waals surface area contributed by atoms with Gasteiger partial charge in [-0.15, -0.1) is 0 Å². The minimum atomic E-state index is 0.357. The Labute approximate surface area is 118 Å². The Morgan fingerprint density at radius 2 is 2.11 bits per heavy atom. The van der Waals surface area contributed by atoms with E-state index >= 15 is 0 Å². The molecule has 0 atom stereocenters. The summed E-state index contributed by atoms with van der Waals surface area (Å²) in [5, 5.41) is 8.48. The number of hydrogen-bond acceptors (Lipinski definition) is 5. The molecule has 6 heteroatoms. The van der Waals surface area contributed by atoms with Gasteiger partial charge in [0.05, 0.1) is 0 Å². The van der Waals surface area contributed by atoms with Gasteiger partial charge in [-0.2, -0.15) is 9.47 Å². The molecule has 0 aliphatic rings. The first-order valence-electron chi connectivity index (χ1n) is 6.68. The molecule has 2 rings (SSSR count). The van der Waals surface area contributed by atoms with E-state index in [0.717, 1.165) is 29.7 Å². The average Bonchev–Trinajstić information content (AvgIpc) is 2.96. The number of aromatic nitrogens is 4. The van der Waals surface area contributed by atoms with Crippen molar-refractivity contribution in [3.8, 4) is 0 Å². The zero-order valence-electron chi connectivity index (χ0n) is 11.9. The lowest BCUT2D eigenvalue weighted by Crippen LogP contribution is -2.02. The van der Waals surface area contributed by atoms with Crippen molar-refractivity contribution < 1.29 is 0 Å². The largest absolute Gasteiger partial charge is 0.313 e. The number of hydrogen-bond donors (Lipinski definition) is 1. The second kappa shape index (κ2) is 6.14. The molecule has 0 amide bonds. The predicted molar refractivity (Wildman–Crippen MR) is 79.0 cm³/mol. The SMILES string of the molecule is CC(C)CCn1ccc(Nc2nc(C(C)C)ns2)n1. The lowest BCUT2D eigenvalue weighted by atomic mass is 10.1. The third-order valence-electron chi connectivity index (χ3n) is 2.77. The zero-order valence-corrected chi connectivity index (χ0v) is 12.7. The van der Waals surface area contributed by atoms with Crippen LogP contribution < -0.4 is 5.32 Å². The van der Waals surface area contributed by atoms with Crippen molar-refractivity contribution in [2.75, 3.05) is 5.32 Å². The summed E-state index contributed by atoms with van der Waals surface area (Å²) >= 11 is 1.38. The van der Waals surface area contributed by atoms with Crippen molar-refractivity contribution in [2.45, 2.75) is 46.6 Å². The number of nitrogens with one attached hydrogen (secondary N) is 1. The maximum Gasteiger partial charge on any atom is 0.208 e. The van der Waals surface area contributed by atoms with E-state index in [1.165, 1.54) is 11.5 Å².